The Bertz CT molecular complexity index is 1040. The van der Waals surface area contributed by atoms with Crippen molar-refractivity contribution in [3.05, 3.63) is 65.8 Å². The lowest BCUT2D eigenvalue weighted by Crippen LogP contribution is -2.48. The highest BCUT2D eigenvalue weighted by atomic mass is 32.2. The second kappa shape index (κ2) is 6.30. The number of halogens is 1. The van der Waals surface area contributed by atoms with Crippen molar-refractivity contribution < 1.29 is 17.3 Å². The Morgan fingerprint density at radius 2 is 1.88 bits per heavy atom. The monoisotopic (exact) mass is 373 g/mol. The van der Waals surface area contributed by atoms with Gasteiger partial charge in [0.15, 0.2) is 0 Å². The smallest absolute Gasteiger partial charge is 0.243 e. The largest absolute Gasteiger partial charge is 0.339 e. The quantitative estimate of drug-likeness (QED) is 0.703. The second-order valence-corrected chi connectivity index (χ2v) is 8.24. The zero-order valence-electron chi connectivity index (χ0n) is 14.0. The Morgan fingerprint density at radius 3 is 2.58 bits per heavy atom. The summed E-state index contributed by atoms with van der Waals surface area (Å²) < 4.78 is 44.6. The molecular weight excluding hydrogens is 357 g/mol. The van der Waals surface area contributed by atoms with Crippen LogP contribution in [0.5, 0.6) is 0 Å². The minimum absolute atomic E-state index is 0.0725. The predicted octanol–water partition coefficient (Wildman–Crippen LogP) is 2.97. The van der Waals surface area contributed by atoms with E-state index in [4.69, 9.17) is 4.52 Å². The summed E-state index contributed by atoms with van der Waals surface area (Å²) in [5.74, 6) is 0.298. The number of hydrogen-bond donors (Lipinski definition) is 0. The highest BCUT2D eigenvalue weighted by Gasteiger charge is 2.40. The average molecular weight is 373 g/mol. The number of aromatic nitrogens is 2. The maximum atomic E-state index is 13.0. The third-order valence-electron chi connectivity index (χ3n) is 4.37. The van der Waals surface area contributed by atoms with E-state index in [-0.39, 0.29) is 23.9 Å². The van der Waals surface area contributed by atoms with Crippen LogP contribution in [0.15, 0.2) is 57.9 Å². The van der Waals surface area contributed by atoms with Gasteiger partial charge < -0.3 is 4.52 Å². The van der Waals surface area contributed by atoms with E-state index in [0.717, 1.165) is 23.3 Å². The van der Waals surface area contributed by atoms with Gasteiger partial charge in [-0.3, -0.25) is 0 Å². The molecule has 0 atom stereocenters. The molecule has 1 aliphatic rings. The van der Waals surface area contributed by atoms with Crippen LogP contribution in [0.3, 0.4) is 0 Å². The topological polar surface area (TPSA) is 76.3 Å². The summed E-state index contributed by atoms with van der Waals surface area (Å²) in [7, 11) is -3.63. The Hall–Kier alpha value is -2.58. The highest BCUT2D eigenvalue weighted by molar-refractivity contribution is 7.89. The van der Waals surface area contributed by atoms with Crippen molar-refractivity contribution in [1.82, 2.24) is 14.4 Å². The molecule has 1 saturated heterocycles. The van der Waals surface area contributed by atoms with Crippen LogP contribution in [0, 0.1) is 12.7 Å². The fourth-order valence-corrected chi connectivity index (χ4v) is 4.38. The van der Waals surface area contributed by atoms with Crippen LogP contribution in [-0.4, -0.2) is 36.0 Å². The van der Waals surface area contributed by atoms with Crippen LogP contribution in [0.4, 0.5) is 4.39 Å². The van der Waals surface area contributed by atoms with Crippen LogP contribution < -0.4 is 0 Å². The number of benzene rings is 2. The van der Waals surface area contributed by atoms with Crippen LogP contribution >= 0.6 is 0 Å². The van der Waals surface area contributed by atoms with Crippen LogP contribution in [0.2, 0.25) is 0 Å². The Morgan fingerprint density at radius 1 is 1.15 bits per heavy atom. The van der Waals surface area contributed by atoms with Crippen molar-refractivity contribution in [2.24, 2.45) is 0 Å². The van der Waals surface area contributed by atoms with E-state index in [1.54, 1.807) is 0 Å². The summed E-state index contributed by atoms with van der Waals surface area (Å²) in [6.07, 6.45) is 0. The molecule has 3 aromatic rings. The molecule has 6 nitrogen and oxygen atoms in total. The van der Waals surface area contributed by atoms with Crippen molar-refractivity contribution in [3.8, 4) is 11.4 Å². The molecule has 0 bridgehead atoms. The summed E-state index contributed by atoms with van der Waals surface area (Å²) in [4.78, 5) is 4.47. The average Bonchev–Trinajstić information content (AvgIpc) is 3.03. The molecular formula is C18H16FN3O3S. The van der Waals surface area contributed by atoms with E-state index in [1.165, 1.54) is 16.4 Å². The fraction of sp³-hybridized carbons (Fsp3) is 0.222. The molecule has 2 heterocycles. The van der Waals surface area contributed by atoms with Gasteiger partial charge in [-0.05, 0) is 37.3 Å². The predicted molar refractivity (Wildman–Crippen MR) is 92.4 cm³/mol. The second-order valence-electron chi connectivity index (χ2n) is 6.30. The Labute approximate surface area is 150 Å². The molecule has 0 amide bonds. The summed E-state index contributed by atoms with van der Waals surface area (Å²) in [6, 6.07) is 12.6. The van der Waals surface area contributed by atoms with Gasteiger partial charge in [-0.1, -0.05) is 28.9 Å². The molecule has 0 unspecified atom stereocenters. The standard InChI is InChI=1S/C18H16FN3O3S/c1-12-3-2-4-13(9-12)17-20-18(25-21-17)14-10-22(11-14)26(23,24)16-7-5-15(19)6-8-16/h2-9,14H,10-11H2,1H3. The van der Waals surface area contributed by atoms with Gasteiger partial charge in [0.05, 0.1) is 10.8 Å². The lowest BCUT2D eigenvalue weighted by molar-refractivity contribution is 0.217. The first kappa shape index (κ1) is 16.9. The first-order valence-electron chi connectivity index (χ1n) is 8.10. The molecule has 26 heavy (non-hydrogen) atoms. The third-order valence-corrected chi connectivity index (χ3v) is 6.21. The minimum atomic E-state index is -3.63. The lowest BCUT2D eigenvalue weighted by Gasteiger charge is -2.35. The van der Waals surface area contributed by atoms with E-state index in [9.17, 15) is 12.8 Å². The number of rotatable bonds is 4. The summed E-state index contributed by atoms with van der Waals surface area (Å²) >= 11 is 0. The van der Waals surface area contributed by atoms with Gasteiger partial charge >= 0.3 is 0 Å². The van der Waals surface area contributed by atoms with Crippen LogP contribution in [0.25, 0.3) is 11.4 Å². The van der Waals surface area contributed by atoms with Gasteiger partial charge in [0.25, 0.3) is 0 Å². The van der Waals surface area contributed by atoms with E-state index in [0.29, 0.717) is 11.7 Å². The maximum absolute atomic E-state index is 13.0. The van der Waals surface area contributed by atoms with Crippen molar-refractivity contribution in [2.45, 2.75) is 17.7 Å². The van der Waals surface area contributed by atoms with Gasteiger partial charge in [0, 0.05) is 18.7 Å². The molecule has 8 heteroatoms. The summed E-state index contributed by atoms with van der Waals surface area (Å²) in [5.41, 5.74) is 1.95. The number of nitrogens with zero attached hydrogens (tertiary/aromatic N) is 3. The molecule has 134 valence electrons. The van der Waals surface area contributed by atoms with E-state index in [1.807, 2.05) is 31.2 Å². The van der Waals surface area contributed by atoms with Gasteiger partial charge in [-0.2, -0.15) is 9.29 Å². The van der Waals surface area contributed by atoms with Crippen molar-refractivity contribution in [1.29, 1.82) is 0 Å². The molecule has 0 aliphatic carbocycles. The molecule has 1 aromatic heterocycles. The van der Waals surface area contributed by atoms with E-state index < -0.39 is 15.8 Å². The minimum Gasteiger partial charge on any atom is -0.339 e. The maximum Gasteiger partial charge on any atom is 0.243 e. The fourth-order valence-electron chi connectivity index (χ4n) is 2.85. The zero-order chi connectivity index (χ0) is 18.3. The van der Waals surface area contributed by atoms with Gasteiger partial charge in [-0.25, -0.2) is 12.8 Å². The molecule has 0 N–H and O–H groups in total. The SMILES string of the molecule is Cc1cccc(-c2noc(C3CN(S(=O)(=O)c4ccc(F)cc4)C3)n2)c1. The molecule has 1 fully saturated rings. The van der Waals surface area contributed by atoms with Gasteiger partial charge in [-0.15, -0.1) is 0 Å². The van der Waals surface area contributed by atoms with Crippen molar-refractivity contribution >= 4 is 10.0 Å². The van der Waals surface area contributed by atoms with E-state index >= 15 is 0 Å². The number of hydrogen-bond acceptors (Lipinski definition) is 5. The van der Waals surface area contributed by atoms with Gasteiger partial charge in [0.1, 0.15) is 5.82 Å². The van der Waals surface area contributed by atoms with Gasteiger partial charge in [0.2, 0.25) is 21.7 Å². The number of aryl methyl sites for hydroxylation is 1. The third kappa shape index (κ3) is 3.02. The van der Waals surface area contributed by atoms with Crippen LogP contribution in [0.1, 0.15) is 17.4 Å². The molecule has 0 radical (unpaired) electrons. The summed E-state index contributed by atoms with van der Waals surface area (Å²) in [5, 5.41) is 3.99. The summed E-state index contributed by atoms with van der Waals surface area (Å²) in [6.45, 7) is 2.50. The normalized spacial score (nSPS) is 15.8. The first-order valence-corrected chi connectivity index (χ1v) is 9.54. The van der Waals surface area contributed by atoms with E-state index in [2.05, 4.69) is 10.1 Å². The Kier molecular flexibility index (Phi) is 4.08. The molecule has 1 aliphatic heterocycles. The molecule has 4 rings (SSSR count). The molecule has 0 saturated carbocycles. The molecule has 2 aromatic carbocycles. The first-order chi connectivity index (χ1) is 12.4. The lowest BCUT2D eigenvalue weighted by atomic mass is 10.0. The highest BCUT2D eigenvalue weighted by Crippen LogP contribution is 2.32. The number of sulfonamides is 1. The van der Waals surface area contributed by atoms with Crippen molar-refractivity contribution in [3.63, 3.8) is 0 Å². The zero-order valence-corrected chi connectivity index (χ0v) is 14.8. The molecule has 0 spiro atoms. The van der Waals surface area contributed by atoms with Crippen molar-refractivity contribution in [2.75, 3.05) is 13.1 Å². The van der Waals surface area contributed by atoms with Crippen LogP contribution in [-0.2, 0) is 10.0 Å². The Balaban J connectivity index is 1.47.